The number of anilines is 1. The molecule has 182 valence electrons. The van der Waals surface area contributed by atoms with Crippen molar-refractivity contribution in [3.05, 3.63) is 87.9 Å². The van der Waals surface area contributed by atoms with Crippen LogP contribution in [0.2, 0.25) is 10.0 Å². The molecule has 2 N–H and O–H groups in total. The molecule has 0 spiro atoms. The highest BCUT2D eigenvalue weighted by Gasteiger charge is 2.27. The molecule has 4 aromatic rings. The Morgan fingerprint density at radius 3 is 2.61 bits per heavy atom. The second-order valence-electron chi connectivity index (χ2n) is 7.94. The number of carbonyl (C=O) groups is 2. The van der Waals surface area contributed by atoms with E-state index in [0.717, 1.165) is 5.39 Å². The molecule has 3 aromatic carbocycles. The van der Waals surface area contributed by atoms with Gasteiger partial charge in [-0.3, -0.25) is 4.79 Å². The number of amides is 1. The Balaban J connectivity index is 1.28. The lowest BCUT2D eigenvalue weighted by Crippen LogP contribution is -2.18. The molecule has 1 aromatic heterocycles. The van der Waals surface area contributed by atoms with Crippen LogP contribution in [0.15, 0.2) is 66.7 Å². The quantitative estimate of drug-likeness (QED) is 0.268. The number of rotatable bonds is 5. The summed E-state index contributed by atoms with van der Waals surface area (Å²) in [6.45, 7) is 0.301. The number of nitrogens with one attached hydrogen (secondary N) is 1. The highest BCUT2D eigenvalue weighted by molar-refractivity contribution is 6.32. The van der Waals surface area contributed by atoms with E-state index in [1.807, 2.05) is 6.07 Å². The highest BCUT2D eigenvalue weighted by atomic mass is 35.5. The molecule has 1 atom stereocenters. The maximum absolute atomic E-state index is 12.7. The Bertz CT molecular complexity index is 1480. The molecule has 0 bridgehead atoms. The van der Waals surface area contributed by atoms with Crippen LogP contribution in [-0.4, -0.2) is 28.8 Å². The van der Waals surface area contributed by atoms with Crippen molar-refractivity contribution < 1.29 is 28.9 Å². The number of nitrogens with zero attached hydrogens (tertiary/aromatic N) is 1. The zero-order chi connectivity index (χ0) is 25.2. The largest absolute Gasteiger partial charge is 0.506 e. The first-order valence-electron chi connectivity index (χ1n) is 10.9. The molecule has 1 unspecified atom stereocenters. The van der Waals surface area contributed by atoms with Crippen molar-refractivity contribution in [2.45, 2.75) is 12.5 Å². The van der Waals surface area contributed by atoms with Gasteiger partial charge in [-0.25, -0.2) is 9.78 Å². The van der Waals surface area contributed by atoms with Crippen LogP contribution in [0.4, 0.5) is 10.6 Å². The number of ether oxygens (including phenoxy) is 3. The normalized spacial score (nSPS) is 14.4. The number of hydrogen-bond acceptors (Lipinski definition) is 6. The smallest absolute Gasteiger partial charge is 0.493 e. The minimum absolute atomic E-state index is 0.267. The van der Waals surface area contributed by atoms with Crippen LogP contribution in [0.25, 0.3) is 10.9 Å². The number of pyridine rings is 1. The lowest BCUT2D eigenvalue weighted by molar-refractivity contribution is 0.0326. The van der Waals surface area contributed by atoms with Crippen LogP contribution >= 0.6 is 23.2 Å². The second-order valence-corrected chi connectivity index (χ2v) is 8.79. The van der Waals surface area contributed by atoms with Crippen molar-refractivity contribution in [2.24, 2.45) is 0 Å². The number of carbonyl (C=O) groups excluding carboxylic acids is 1. The summed E-state index contributed by atoms with van der Waals surface area (Å²) in [5.41, 5.74) is 1.67. The van der Waals surface area contributed by atoms with Gasteiger partial charge < -0.3 is 24.6 Å². The molecule has 0 saturated carbocycles. The van der Waals surface area contributed by atoms with E-state index in [4.69, 9.17) is 42.5 Å². The van der Waals surface area contributed by atoms with Gasteiger partial charge in [0.1, 0.15) is 29.2 Å². The number of benzene rings is 3. The number of fused-ring (bicyclic) bond motifs is 2. The molecular formula is C26H18Cl2N2O6. The molecule has 2 heterocycles. The van der Waals surface area contributed by atoms with Gasteiger partial charge in [0.25, 0.3) is 5.91 Å². The molecule has 36 heavy (non-hydrogen) atoms. The second kappa shape index (κ2) is 9.93. The summed E-state index contributed by atoms with van der Waals surface area (Å²) < 4.78 is 16.4. The van der Waals surface area contributed by atoms with E-state index in [0.29, 0.717) is 57.8 Å². The molecule has 0 fully saturated rings. The molecule has 0 aliphatic carbocycles. The van der Waals surface area contributed by atoms with Gasteiger partial charge in [0.15, 0.2) is 0 Å². The van der Waals surface area contributed by atoms with Crippen molar-refractivity contribution in [1.82, 2.24) is 4.98 Å². The molecule has 1 aliphatic heterocycles. The predicted molar refractivity (Wildman–Crippen MR) is 135 cm³/mol. The third-order valence-corrected chi connectivity index (χ3v) is 6.06. The monoisotopic (exact) mass is 524 g/mol. The summed E-state index contributed by atoms with van der Waals surface area (Å²) >= 11 is 12.4. The molecular weight excluding hydrogens is 507 g/mol. The van der Waals surface area contributed by atoms with Gasteiger partial charge in [0, 0.05) is 34.0 Å². The summed E-state index contributed by atoms with van der Waals surface area (Å²) in [6.07, 6.45) is -1.64. The van der Waals surface area contributed by atoms with E-state index in [1.165, 1.54) is 0 Å². The fraction of sp³-hybridized carbons (Fsp3) is 0.115. The predicted octanol–water partition coefficient (Wildman–Crippen LogP) is 7.10. The average molecular weight is 525 g/mol. The van der Waals surface area contributed by atoms with Crippen LogP contribution in [0, 0.1) is 0 Å². The minimum atomic E-state index is -1.37. The SMILES string of the molecule is O=C(O)OC1CCOc2cc(Oc3ccc(C(=O)Nc4ccc5cc(Cl)ccc5n4)cc3)c(Cl)cc21. The van der Waals surface area contributed by atoms with Crippen molar-refractivity contribution in [2.75, 3.05) is 11.9 Å². The maximum atomic E-state index is 12.7. The Hall–Kier alpha value is -4.01. The summed E-state index contributed by atoms with van der Waals surface area (Å²) in [5.74, 6) is 1.30. The summed E-state index contributed by atoms with van der Waals surface area (Å²) in [4.78, 5) is 28.1. The topological polar surface area (TPSA) is 107 Å². The maximum Gasteiger partial charge on any atom is 0.506 e. The van der Waals surface area contributed by atoms with Crippen molar-refractivity contribution >= 4 is 52.0 Å². The van der Waals surface area contributed by atoms with Crippen LogP contribution < -0.4 is 14.8 Å². The van der Waals surface area contributed by atoms with E-state index in [2.05, 4.69) is 10.3 Å². The summed E-state index contributed by atoms with van der Waals surface area (Å²) in [7, 11) is 0. The Morgan fingerprint density at radius 2 is 1.83 bits per heavy atom. The average Bonchev–Trinajstić information content (AvgIpc) is 2.85. The van der Waals surface area contributed by atoms with Crippen LogP contribution in [0.3, 0.4) is 0 Å². The van der Waals surface area contributed by atoms with E-state index >= 15 is 0 Å². The molecule has 8 nitrogen and oxygen atoms in total. The number of hydrogen-bond donors (Lipinski definition) is 2. The van der Waals surface area contributed by atoms with E-state index < -0.39 is 12.3 Å². The van der Waals surface area contributed by atoms with Gasteiger partial charge in [0.2, 0.25) is 0 Å². The third-order valence-electron chi connectivity index (χ3n) is 5.53. The molecule has 0 saturated heterocycles. The molecule has 0 radical (unpaired) electrons. The van der Waals surface area contributed by atoms with Crippen LogP contribution in [0.1, 0.15) is 28.4 Å². The van der Waals surface area contributed by atoms with Crippen molar-refractivity contribution in [1.29, 1.82) is 0 Å². The fourth-order valence-electron chi connectivity index (χ4n) is 3.84. The standard InChI is InChI=1S/C26H18Cl2N2O6/c27-16-4-7-20-15(11-16)3-8-24(29-20)30-25(31)14-1-5-17(6-2-14)35-23-13-22-18(12-19(23)28)21(9-10-34-22)36-26(32)33/h1-8,11-13,21H,9-10H2,(H,32,33)(H,29,30,31). The van der Waals surface area contributed by atoms with E-state index in [9.17, 15) is 9.59 Å². The van der Waals surface area contributed by atoms with Gasteiger partial charge in [0.05, 0.1) is 17.1 Å². The molecule has 1 aliphatic rings. The number of carboxylic acid groups (broad SMARTS) is 1. The number of aromatic nitrogens is 1. The van der Waals surface area contributed by atoms with Gasteiger partial charge >= 0.3 is 6.16 Å². The van der Waals surface area contributed by atoms with E-state index in [-0.39, 0.29) is 10.9 Å². The zero-order valence-electron chi connectivity index (χ0n) is 18.5. The highest BCUT2D eigenvalue weighted by Crippen LogP contribution is 2.42. The molecule has 1 amide bonds. The Labute approximate surface area is 215 Å². The van der Waals surface area contributed by atoms with Gasteiger partial charge in [-0.15, -0.1) is 0 Å². The third kappa shape index (κ3) is 5.15. The van der Waals surface area contributed by atoms with Gasteiger partial charge in [-0.05, 0) is 60.7 Å². The molecule has 5 rings (SSSR count). The first kappa shape index (κ1) is 23.7. The lowest BCUT2D eigenvalue weighted by atomic mass is 10.0. The molecule has 10 heteroatoms. The van der Waals surface area contributed by atoms with Crippen molar-refractivity contribution in [3.63, 3.8) is 0 Å². The van der Waals surface area contributed by atoms with Crippen LogP contribution in [0.5, 0.6) is 17.2 Å². The zero-order valence-corrected chi connectivity index (χ0v) is 20.0. The minimum Gasteiger partial charge on any atom is -0.493 e. The van der Waals surface area contributed by atoms with Crippen molar-refractivity contribution in [3.8, 4) is 17.2 Å². The van der Waals surface area contributed by atoms with Crippen LogP contribution in [-0.2, 0) is 4.74 Å². The first-order chi connectivity index (χ1) is 17.4. The Morgan fingerprint density at radius 1 is 1.03 bits per heavy atom. The van der Waals surface area contributed by atoms with Gasteiger partial charge in [-0.1, -0.05) is 23.2 Å². The Kier molecular flexibility index (Phi) is 6.54. The first-order valence-corrected chi connectivity index (χ1v) is 11.6. The summed E-state index contributed by atoms with van der Waals surface area (Å²) in [5, 5.41) is 13.5. The lowest BCUT2D eigenvalue weighted by Gasteiger charge is -2.25. The number of halogens is 2. The summed E-state index contributed by atoms with van der Waals surface area (Å²) in [6, 6.07) is 18.5. The van der Waals surface area contributed by atoms with Gasteiger partial charge in [-0.2, -0.15) is 0 Å². The fourth-order valence-corrected chi connectivity index (χ4v) is 4.23. The van der Waals surface area contributed by atoms with E-state index in [1.54, 1.807) is 60.7 Å².